The van der Waals surface area contributed by atoms with Gasteiger partial charge in [-0.05, 0) is 42.7 Å². The van der Waals surface area contributed by atoms with E-state index in [0.29, 0.717) is 12.1 Å². The Morgan fingerprint density at radius 3 is 2.90 bits per heavy atom. The first-order valence-corrected chi connectivity index (χ1v) is 6.35. The number of carbonyl (C=O) groups is 1. The van der Waals surface area contributed by atoms with Crippen LogP contribution in [0.2, 0.25) is 0 Å². The minimum atomic E-state index is -0.722. The Morgan fingerprint density at radius 1 is 1.40 bits per heavy atom. The molecule has 2 aromatic rings. The first-order valence-electron chi connectivity index (χ1n) is 6.35. The molecule has 0 spiro atoms. The van der Waals surface area contributed by atoms with Crippen molar-refractivity contribution in [3.05, 3.63) is 59.9 Å². The van der Waals surface area contributed by atoms with Crippen molar-refractivity contribution in [3.63, 3.8) is 0 Å². The third-order valence-electron chi connectivity index (χ3n) is 2.92. The van der Waals surface area contributed by atoms with Crippen LogP contribution in [0.15, 0.2) is 48.8 Å². The molecule has 1 aromatic heterocycles. The number of nitrogens with zero attached hydrogens (tertiary/aromatic N) is 2. The van der Waals surface area contributed by atoms with Gasteiger partial charge >= 0.3 is 0 Å². The molecular formula is C16H15N3O. The smallest absolute Gasteiger partial charge is 0.242 e. The molecule has 1 heterocycles. The normalized spacial score (nSPS) is 11.4. The molecule has 0 unspecified atom stereocenters. The quantitative estimate of drug-likeness (QED) is 0.924. The zero-order valence-electron chi connectivity index (χ0n) is 11.2. The molecule has 4 nitrogen and oxygen atoms in total. The number of benzene rings is 1. The van der Waals surface area contributed by atoms with Crippen molar-refractivity contribution in [1.82, 2.24) is 4.98 Å². The molecule has 1 aromatic carbocycles. The number of anilines is 1. The van der Waals surface area contributed by atoms with E-state index in [2.05, 4.69) is 10.3 Å². The van der Waals surface area contributed by atoms with Gasteiger partial charge in [0, 0.05) is 18.1 Å². The number of aromatic nitrogens is 1. The summed E-state index contributed by atoms with van der Waals surface area (Å²) in [5.74, 6) is -1.01. The molecule has 4 heteroatoms. The van der Waals surface area contributed by atoms with Gasteiger partial charge in [0.2, 0.25) is 5.91 Å². The maximum absolute atomic E-state index is 12.1. The lowest BCUT2D eigenvalue weighted by molar-refractivity contribution is -0.118. The standard InChI is InChI=1S/C16H15N3O/c1-12-4-2-6-15(8-12)19-16(20)14(10-17)9-13-5-3-7-18-11-13/h2-8,11,14H,9H2,1H3,(H,19,20)/t14-/m1/s1. The second-order valence-electron chi connectivity index (χ2n) is 4.61. The Morgan fingerprint density at radius 2 is 2.25 bits per heavy atom. The van der Waals surface area contributed by atoms with Gasteiger partial charge in [-0.2, -0.15) is 5.26 Å². The number of rotatable bonds is 4. The third-order valence-corrected chi connectivity index (χ3v) is 2.92. The number of nitrogens with one attached hydrogen (secondary N) is 1. The zero-order chi connectivity index (χ0) is 14.4. The van der Waals surface area contributed by atoms with E-state index < -0.39 is 5.92 Å². The predicted octanol–water partition coefficient (Wildman–Crippen LogP) is 2.71. The van der Waals surface area contributed by atoms with Crippen LogP contribution in [0.5, 0.6) is 0 Å². The average molecular weight is 265 g/mol. The molecule has 0 radical (unpaired) electrons. The summed E-state index contributed by atoms with van der Waals surface area (Å²) < 4.78 is 0. The van der Waals surface area contributed by atoms with Gasteiger partial charge in [-0.1, -0.05) is 18.2 Å². The first kappa shape index (κ1) is 13.8. The molecule has 1 N–H and O–H groups in total. The number of hydrogen-bond donors (Lipinski definition) is 1. The maximum Gasteiger partial charge on any atom is 0.242 e. The molecule has 0 aliphatic rings. The van der Waals surface area contributed by atoms with Crippen LogP contribution in [0, 0.1) is 24.2 Å². The van der Waals surface area contributed by atoms with Crippen molar-refractivity contribution in [3.8, 4) is 6.07 Å². The van der Waals surface area contributed by atoms with Crippen LogP contribution in [-0.4, -0.2) is 10.9 Å². The highest BCUT2D eigenvalue weighted by Gasteiger charge is 2.18. The minimum Gasteiger partial charge on any atom is -0.325 e. The van der Waals surface area contributed by atoms with E-state index in [1.54, 1.807) is 18.5 Å². The SMILES string of the molecule is Cc1cccc(NC(=O)[C@@H](C#N)Cc2cccnc2)c1. The van der Waals surface area contributed by atoms with E-state index in [-0.39, 0.29) is 5.91 Å². The molecule has 1 amide bonds. The topological polar surface area (TPSA) is 65.8 Å². The fraction of sp³-hybridized carbons (Fsp3) is 0.188. The van der Waals surface area contributed by atoms with E-state index in [9.17, 15) is 4.79 Å². The number of hydrogen-bond acceptors (Lipinski definition) is 3. The van der Waals surface area contributed by atoms with Crippen LogP contribution in [0.4, 0.5) is 5.69 Å². The molecule has 0 fully saturated rings. The lowest BCUT2D eigenvalue weighted by Crippen LogP contribution is -2.23. The van der Waals surface area contributed by atoms with Crippen LogP contribution in [0.1, 0.15) is 11.1 Å². The fourth-order valence-electron chi connectivity index (χ4n) is 1.90. The van der Waals surface area contributed by atoms with Gasteiger partial charge in [-0.25, -0.2) is 0 Å². The molecular weight excluding hydrogens is 250 g/mol. The molecule has 0 aliphatic carbocycles. The zero-order valence-corrected chi connectivity index (χ0v) is 11.2. The molecule has 0 saturated carbocycles. The van der Waals surface area contributed by atoms with E-state index in [1.165, 1.54) is 0 Å². The molecule has 2 rings (SSSR count). The summed E-state index contributed by atoms with van der Waals surface area (Å²) in [6.07, 6.45) is 3.70. The molecule has 100 valence electrons. The summed E-state index contributed by atoms with van der Waals surface area (Å²) >= 11 is 0. The molecule has 0 bridgehead atoms. The largest absolute Gasteiger partial charge is 0.325 e. The van der Waals surface area contributed by atoms with Gasteiger partial charge in [-0.3, -0.25) is 9.78 Å². The van der Waals surface area contributed by atoms with Crippen molar-refractivity contribution in [2.45, 2.75) is 13.3 Å². The van der Waals surface area contributed by atoms with Crippen LogP contribution < -0.4 is 5.32 Å². The monoisotopic (exact) mass is 265 g/mol. The maximum atomic E-state index is 12.1. The van der Waals surface area contributed by atoms with Gasteiger partial charge in [0.25, 0.3) is 0 Å². The van der Waals surface area contributed by atoms with E-state index in [0.717, 1.165) is 11.1 Å². The van der Waals surface area contributed by atoms with Crippen LogP contribution in [0.25, 0.3) is 0 Å². The van der Waals surface area contributed by atoms with Gasteiger partial charge in [0.15, 0.2) is 0 Å². The summed E-state index contributed by atoms with van der Waals surface area (Å²) in [7, 11) is 0. The van der Waals surface area contributed by atoms with E-state index >= 15 is 0 Å². The van der Waals surface area contributed by atoms with Crippen molar-refractivity contribution in [2.75, 3.05) is 5.32 Å². The van der Waals surface area contributed by atoms with Crippen molar-refractivity contribution in [2.24, 2.45) is 5.92 Å². The molecule has 0 aliphatic heterocycles. The number of pyridine rings is 1. The summed E-state index contributed by atoms with van der Waals surface area (Å²) in [5.41, 5.74) is 2.64. The summed E-state index contributed by atoms with van der Waals surface area (Å²) in [6, 6.07) is 13.2. The van der Waals surface area contributed by atoms with Crippen molar-refractivity contribution >= 4 is 11.6 Å². The van der Waals surface area contributed by atoms with E-state index in [1.807, 2.05) is 43.3 Å². The van der Waals surface area contributed by atoms with Gasteiger partial charge in [0.05, 0.1) is 6.07 Å². The molecule has 1 atom stereocenters. The summed E-state index contributed by atoms with van der Waals surface area (Å²) in [4.78, 5) is 16.1. The van der Waals surface area contributed by atoms with E-state index in [4.69, 9.17) is 5.26 Å². The lowest BCUT2D eigenvalue weighted by atomic mass is 10.0. The summed E-state index contributed by atoms with van der Waals surface area (Å²) in [5, 5.41) is 11.9. The number of aryl methyl sites for hydroxylation is 1. The second-order valence-corrected chi connectivity index (χ2v) is 4.61. The Labute approximate surface area is 118 Å². The highest BCUT2D eigenvalue weighted by molar-refractivity contribution is 5.94. The number of carbonyl (C=O) groups excluding carboxylic acids is 1. The fourth-order valence-corrected chi connectivity index (χ4v) is 1.90. The average Bonchev–Trinajstić information content (AvgIpc) is 2.45. The molecule has 0 saturated heterocycles. The predicted molar refractivity (Wildman–Crippen MR) is 76.9 cm³/mol. The highest BCUT2D eigenvalue weighted by Crippen LogP contribution is 2.13. The van der Waals surface area contributed by atoms with Crippen molar-refractivity contribution in [1.29, 1.82) is 5.26 Å². The van der Waals surface area contributed by atoms with Gasteiger partial charge in [0.1, 0.15) is 5.92 Å². The van der Waals surface area contributed by atoms with Crippen LogP contribution in [0.3, 0.4) is 0 Å². The second kappa shape index (κ2) is 6.48. The van der Waals surface area contributed by atoms with Crippen molar-refractivity contribution < 1.29 is 4.79 Å². The molecule has 20 heavy (non-hydrogen) atoms. The number of nitriles is 1. The summed E-state index contributed by atoms with van der Waals surface area (Å²) in [6.45, 7) is 1.95. The van der Waals surface area contributed by atoms with Gasteiger partial charge in [-0.15, -0.1) is 0 Å². The number of amides is 1. The highest BCUT2D eigenvalue weighted by atomic mass is 16.1. The Bertz CT molecular complexity index is 632. The lowest BCUT2D eigenvalue weighted by Gasteiger charge is -2.10. The minimum absolute atomic E-state index is 0.290. The van der Waals surface area contributed by atoms with Crippen LogP contribution >= 0.6 is 0 Å². The third kappa shape index (κ3) is 3.66. The van der Waals surface area contributed by atoms with Gasteiger partial charge < -0.3 is 5.32 Å². The Kier molecular flexibility index (Phi) is 4.46. The first-order chi connectivity index (χ1) is 9.69. The van der Waals surface area contributed by atoms with Crippen LogP contribution in [-0.2, 0) is 11.2 Å². The Hall–Kier alpha value is -2.67. The Balaban J connectivity index is 2.05.